The van der Waals surface area contributed by atoms with Crippen LogP contribution in [-0.2, 0) is 28.5 Å². The van der Waals surface area contributed by atoms with Gasteiger partial charge in [0.05, 0.1) is 59.2 Å². The third-order valence-electron chi connectivity index (χ3n) is 3.02. The highest BCUT2D eigenvalue weighted by Gasteiger charge is 2.08. The number of primary amides is 1. The second-order valence-corrected chi connectivity index (χ2v) is 5.18. The van der Waals surface area contributed by atoms with Crippen LogP contribution in [0.1, 0.15) is 33.6 Å². The van der Waals surface area contributed by atoms with Crippen molar-refractivity contribution in [2.75, 3.05) is 73.1 Å². The highest BCUT2D eigenvalue weighted by Crippen LogP contribution is 1.93. The van der Waals surface area contributed by atoms with Gasteiger partial charge >= 0.3 is 6.09 Å². The number of amides is 2. The van der Waals surface area contributed by atoms with Crippen LogP contribution in [0.25, 0.3) is 0 Å². The lowest BCUT2D eigenvalue weighted by Gasteiger charge is -2.16. The number of hydrogen-bond acceptors (Lipinski definition) is 7. The van der Waals surface area contributed by atoms with E-state index in [2.05, 4.69) is 11.7 Å². The molecular formula is C18H38N2O7. The van der Waals surface area contributed by atoms with E-state index in [-0.39, 0.29) is 18.9 Å². The van der Waals surface area contributed by atoms with E-state index < -0.39 is 6.09 Å². The van der Waals surface area contributed by atoms with E-state index in [0.29, 0.717) is 52.8 Å². The highest BCUT2D eigenvalue weighted by atomic mass is 16.6. The van der Waals surface area contributed by atoms with Crippen LogP contribution in [-0.4, -0.2) is 90.0 Å². The van der Waals surface area contributed by atoms with Crippen molar-refractivity contribution in [3.05, 3.63) is 0 Å². The van der Waals surface area contributed by atoms with Gasteiger partial charge in [0.1, 0.15) is 6.61 Å². The van der Waals surface area contributed by atoms with Crippen molar-refractivity contribution in [3.8, 4) is 0 Å². The van der Waals surface area contributed by atoms with Crippen LogP contribution < -0.4 is 5.73 Å². The Morgan fingerprint density at radius 2 is 1.22 bits per heavy atom. The molecule has 0 aromatic heterocycles. The second-order valence-electron chi connectivity index (χ2n) is 5.18. The molecule has 0 aromatic carbocycles. The Balaban J connectivity index is 0. The number of hydrogen-bond donors (Lipinski definition) is 1. The Bertz CT molecular complexity index is 344. The van der Waals surface area contributed by atoms with Gasteiger partial charge in [0.2, 0.25) is 5.91 Å². The zero-order valence-corrected chi connectivity index (χ0v) is 17.4. The highest BCUT2D eigenvalue weighted by molar-refractivity contribution is 5.76. The summed E-state index contributed by atoms with van der Waals surface area (Å²) in [6, 6.07) is 0. The van der Waals surface area contributed by atoms with Crippen LogP contribution >= 0.6 is 0 Å². The van der Waals surface area contributed by atoms with Crippen LogP contribution in [0.5, 0.6) is 0 Å². The molecule has 0 aliphatic heterocycles. The van der Waals surface area contributed by atoms with Crippen molar-refractivity contribution in [1.82, 2.24) is 4.90 Å². The van der Waals surface area contributed by atoms with Gasteiger partial charge < -0.3 is 34.3 Å². The number of nitrogens with zero attached hydrogens (tertiary/aromatic N) is 1. The number of rotatable bonds is 17. The number of carbonyl (C=O) groups is 2. The fourth-order valence-electron chi connectivity index (χ4n) is 1.66. The molecule has 0 fully saturated rings. The third-order valence-corrected chi connectivity index (χ3v) is 3.02. The quantitative estimate of drug-likeness (QED) is 0.372. The average Bonchev–Trinajstić information content (AvgIpc) is 2.66. The van der Waals surface area contributed by atoms with Crippen molar-refractivity contribution in [3.63, 3.8) is 0 Å². The summed E-state index contributed by atoms with van der Waals surface area (Å²) >= 11 is 0. The van der Waals surface area contributed by atoms with Gasteiger partial charge in [-0.1, -0.05) is 20.8 Å². The molecule has 162 valence electrons. The summed E-state index contributed by atoms with van der Waals surface area (Å²) in [6.45, 7) is 10.6. The SMILES string of the molecule is CC.CCCOCCOCCOCCOCCC(=O)N(C)CCOC(N)=O. The molecule has 0 bridgehead atoms. The van der Waals surface area contributed by atoms with Crippen molar-refractivity contribution in [2.24, 2.45) is 5.73 Å². The van der Waals surface area contributed by atoms with Crippen LogP contribution in [0.15, 0.2) is 0 Å². The molecular weight excluding hydrogens is 356 g/mol. The minimum absolute atomic E-state index is 0.0824. The van der Waals surface area contributed by atoms with Crippen LogP contribution in [0, 0.1) is 0 Å². The summed E-state index contributed by atoms with van der Waals surface area (Å²) in [5.41, 5.74) is 4.83. The topological polar surface area (TPSA) is 110 Å². The summed E-state index contributed by atoms with van der Waals surface area (Å²) in [5.74, 6) is -0.0901. The van der Waals surface area contributed by atoms with Gasteiger partial charge in [-0.2, -0.15) is 0 Å². The molecule has 27 heavy (non-hydrogen) atoms. The number of carbonyl (C=O) groups excluding carboxylic acids is 2. The fraction of sp³-hybridized carbons (Fsp3) is 0.889. The first kappa shape index (κ1) is 27.8. The summed E-state index contributed by atoms with van der Waals surface area (Å²) in [4.78, 5) is 23.6. The molecule has 0 aliphatic rings. The maximum atomic E-state index is 11.7. The third kappa shape index (κ3) is 22.5. The Morgan fingerprint density at radius 3 is 1.67 bits per heavy atom. The molecule has 0 aliphatic carbocycles. The lowest BCUT2D eigenvalue weighted by molar-refractivity contribution is -0.131. The standard InChI is InChI=1S/C16H32N2O7.C2H6/c1-3-6-21-9-11-23-13-14-24-12-10-22-7-4-15(19)18(2)5-8-25-16(17)20;1-2/h3-14H2,1-2H3,(H2,17,20);1-2H3. The number of ether oxygens (including phenoxy) is 5. The molecule has 0 rings (SSSR count). The molecule has 9 nitrogen and oxygen atoms in total. The van der Waals surface area contributed by atoms with Gasteiger partial charge in [0.15, 0.2) is 0 Å². The molecule has 2 amide bonds. The zero-order chi connectivity index (χ0) is 20.8. The van der Waals surface area contributed by atoms with Crippen molar-refractivity contribution < 1.29 is 33.3 Å². The Labute approximate surface area is 163 Å². The lowest BCUT2D eigenvalue weighted by Crippen LogP contribution is -2.32. The summed E-state index contributed by atoms with van der Waals surface area (Å²) in [6.07, 6.45) is 0.419. The first-order valence-corrected chi connectivity index (χ1v) is 9.55. The summed E-state index contributed by atoms with van der Waals surface area (Å²) in [7, 11) is 1.63. The van der Waals surface area contributed by atoms with E-state index in [1.807, 2.05) is 13.8 Å². The molecule has 0 atom stereocenters. The smallest absolute Gasteiger partial charge is 0.404 e. The minimum Gasteiger partial charge on any atom is -0.448 e. The maximum Gasteiger partial charge on any atom is 0.404 e. The van der Waals surface area contributed by atoms with E-state index in [1.165, 1.54) is 4.90 Å². The number of nitrogens with two attached hydrogens (primary N) is 1. The monoisotopic (exact) mass is 394 g/mol. The second kappa shape index (κ2) is 22.6. The largest absolute Gasteiger partial charge is 0.448 e. The molecule has 0 saturated carbocycles. The van der Waals surface area contributed by atoms with Crippen molar-refractivity contribution in [2.45, 2.75) is 33.6 Å². The average molecular weight is 395 g/mol. The molecule has 9 heteroatoms. The van der Waals surface area contributed by atoms with E-state index >= 15 is 0 Å². The van der Waals surface area contributed by atoms with Crippen molar-refractivity contribution >= 4 is 12.0 Å². The summed E-state index contributed by atoms with van der Waals surface area (Å²) in [5, 5.41) is 0. The Hall–Kier alpha value is -1.42. The molecule has 0 saturated heterocycles. The van der Waals surface area contributed by atoms with E-state index in [4.69, 9.17) is 24.7 Å². The van der Waals surface area contributed by atoms with E-state index in [0.717, 1.165) is 13.0 Å². The lowest BCUT2D eigenvalue weighted by atomic mass is 10.4. The molecule has 0 heterocycles. The molecule has 0 radical (unpaired) electrons. The molecule has 0 aromatic rings. The van der Waals surface area contributed by atoms with Crippen molar-refractivity contribution in [1.29, 1.82) is 0 Å². The molecule has 2 N–H and O–H groups in total. The number of likely N-dealkylation sites (N-methyl/N-ethyl adjacent to an activating group) is 1. The maximum absolute atomic E-state index is 11.7. The van der Waals surface area contributed by atoms with Gasteiger partial charge in [0.25, 0.3) is 0 Å². The fourth-order valence-corrected chi connectivity index (χ4v) is 1.66. The first-order valence-electron chi connectivity index (χ1n) is 9.55. The first-order chi connectivity index (χ1) is 13.1. The minimum atomic E-state index is -0.848. The van der Waals surface area contributed by atoms with Gasteiger partial charge in [-0.25, -0.2) is 4.79 Å². The van der Waals surface area contributed by atoms with Crippen LogP contribution in [0.2, 0.25) is 0 Å². The van der Waals surface area contributed by atoms with Gasteiger partial charge in [-0.15, -0.1) is 0 Å². The Morgan fingerprint density at radius 1 is 0.778 bits per heavy atom. The van der Waals surface area contributed by atoms with Gasteiger partial charge in [-0.3, -0.25) is 4.79 Å². The predicted molar refractivity (Wildman–Crippen MR) is 103 cm³/mol. The normalized spacial score (nSPS) is 10.1. The van der Waals surface area contributed by atoms with Crippen LogP contribution in [0.4, 0.5) is 4.79 Å². The van der Waals surface area contributed by atoms with Gasteiger partial charge in [-0.05, 0) is 6.42 Å². The molecule has 0 spiro atoms. The van der Waals surface area contributed by atoms with E-state index in [9.17, 15) is 9.59 Å². The zero-order valence-electron chi connectivity index (χ0n) is 17.4. The predicted octanol–water partition coefficient (Wildman–Crippen LogP) is 1.43. The van der Waals surface area contributed by atoms with Gasteiger partial charge in [0, 0.05) is 13.7 Å². The molecule has 0 unspecified atom stereocenters. The summed E-state index contributed by atoms with van der Waals surface area (Å²) < 4.78 is 25.9. The Kier molecular flexibility index (Phi) is 23.3. The van der Waals surface area contributed by atoms with Crippen LogP contribution in [0.3, 0.4) is 0 Å². The van der Waals surface area contributed by atoms with E-state index in [1.54, 1.807) is 7.05 Å².